The number of pyridine rings is 1. The molecule has 0 radical (unpaired) electrons. The predicted molar refractivity (Wildman–Crippen MR) is 130 cm³/mol. The van der Waals surface area contributed by atoms with Gasteiger partial charge in [-0.15, -0.1) is 0 Å². The number of anilines is 1. The van der Waals surface area contributed by atoms with Crippen molar-refractivity contribution in [2.45, 2.75) is 23.9 Å². The Kier molecular flexibility index (Phi) is 6.01. The number of hydrogen-bond acceptors (Lipinski definition) is 4. The summed E-state index contributed by atoms with van der Waals surface area (Å²) in [5, 5.41) is 0. The van der Waals surface area contributed by atoms with Crippen LogP contribution in [-0.2, 0) is 13.0 Å². The van der Waals surface area contributed by atoms with Crippen molar-refractivity contribution in [3.63, 3.8) is 0 Å². The van der Waals surface area contributed by atoms with Gasteiger partial charge in [0.2, 0.25) is 0 Å². The summed E-state index contributed by atoms with van der Waals surface area (Å²) in [6.45, 7) is 1.84. The monoisotopic (exact) mass is 423 g/mol. The van der Waals surface area contributed by atoms with Gasteiger partial charge in [-0.05, 0) is 41.8 Å². The van der Waals surface area contributed by atoms with Crippen LogP contribution in [0, 0.1) is 0 Å². The zero-order chi connectivity index (χ0) is 20.9. The lowest BCUT2D eigenvalue weighted by atomic mass is 10.0. The fourth-order valence-corrected chi connectivity index (χ4v) is 4.79. The molecule has 0 spiro atoms. The molecule has 1 N–H and O–H groups in total. The molecule has 0 saturated heterocycles. The van der Waals surface area contributed by atoms with Crippen LogP contribution in [0.15, 0.2) is 108 Å². The van der Waals surface area contributed by atoms with E-state index in [1.807, 2.05) is 6.07 Å². The molecule has 0 saturated carbocycles. The summed E-state index contributed by atoms with van der Waals surface area (Å²) < 4.78 is 3.69. The van der Waals surface area contributed by atoms with Crippen LogP contribution in [0.3, 0.4) is 0 Å². The minimum absolute atomic E-state index is 0.319. The third-order valence-corrected chi connectivity index (χ3v) is 6.50. The van der Waals surface area contributed by atoms with Crippen molar-refractivity contribution in [2.75, 3.05) is 11.4 Å². The first-order valence-electron chi connectivity index (χ1n) is 10.7. The second kappa shape index (κ2) is 9.38. The molecule has 1 aliphatic heterocycles. The number of nitrogens with zero attached hydrogens (tertiary/aromatic N) is 2. The van der Waals surface area contributed by atoms with Gasteiger partial charge in [-0.2, -0.15) is 0 Å². The maximum atomic E-state index is 5.09. The molecule has 4 heteroatoms. The Morgan fingerprint density at radius 1 is 0.806 bits per heavy atom. The van der Waals surface area contributed by atoms with Crippen LogP contribution in [0.5, 0.6) is 0 Å². The van der Waals surface area contributed by atoms with E-state index in [1.165, 1.54) is 16.1 Å². The van der Waals surface area contributed by atoms with Crippen LogP contribution in [0.2, 0.25) is 0 Å². The van der Waals surface area contributed by atoms with Crippen molar-refractivity contribution in [1.29, 1.82) is 0 Å². The molecule has 1 aromatic heterocycles. The van der Waals surface area contributed by atoms with Gasteiger partial charge in [0, 0.05) is 36.0 Å². The molecule has 154 valence electrons. The first-order valence-corrected chi connectivity index (χ1v) is 11.5. The lowest BCUT2D eigenvalue weighted by molar-refractivity contribution is 0.561. The molecule has 4 aromatic rings. The second-order valence-electron chi connectivity index (χ2n) is 7.83. The summed E-state index contributed by atoms with van der Waals surface area (Å²) in [7, 11) is 0. The number of hydrogen-bond donors (Lipinski definition) is 1. The van der Waals surface area contributed by atoms with E-state index in [9.17, 15) is 0 Å². The molecule has 0 fully saturated rings. The Bertz CT molecular complexity index is 1120. The minimum atomic E-state index is 0.319. The van der Waals surface area contributed by atoms with E-state index in [1.54, 1.807) is 11.9 Å². The minimum Gasteiger partial charge on any atom is -0.364 e. The highest BCUT2D eigenvalue weighted by Crippen LogP contribution is 2.31. The molecule has 2 heterocycles. The largest absolute Gasteiger partial charge is 0.364 e. The van der Waals surface area contributed by atoms with Crippen molar-refractivity contribution in [3.05, 3.63) is 114 Å². The van der Waals surface area contributed by atoms with Crippen LogP contribution < -0.4 is 9.62 Å². The zero-order valence-corrected chi connectivity index (χ0v) is 18.1. The molecule has 0 bridgehead atoms. The molecule has 3 aromatic carbocycles. The van der Waals surface area contributed by atoms with Crippen LogP contribution in [0.1, 0.15) is 11.3 Å². The third kappa shape index (κ3) is 4.82. The average molecular weight is 424 g/mol. The van der Waals surface area contributed by atoms with Gasteiger partial charge >= 0.3 is 0 Å². The second-order valence-corrected chi connectivity index (χ2v) is 8.74. The van der Waals surface area contributed by atoms with E-state index < -0.39 is 0 Å². The van der Waals surface area contributed by atoms with E-state index >= 15 is 0 Å². The standard InChI is InChI=1S/C27H25N3S/c1-4-10-21(11-5-1)19-30-20-23(29-31-24-14-8-3-9-15-24)18-26-27(30)17-16-25(28-26)22-12-6-2-7-13-22/h1-17,23,29H,18-20H2. The quantitative estimate of drug-likeness (QED) is 0.386. The molecule has 3 nitrogen and oxygen atoms in total. The van der Waals surface area contributed by atoms with E-state index in [2.05, 4.69) is 107 Å². The van der Waals surface area contributed by atoms with Crippen molar-refractivity contribution >= 4 is 17.6 Å². The van der Waals surface area contributed by atoms with Crippen molar-refractivity contribution in [2.24, 2.45) is 0 Å². The van der Waals surface area contributed by atoms with Crippen molar-refractivity contribution < 1.29 is 0 Å². The number of rotatable bonds is 6. The molecule has 5 rings (SSSR count). The first-order chi connectivity index (χ1) is 15.3. The van der Waals surface area contributed by atoms with Crippen molar-refractivity contribution in [1.82, 2.24) is 9.71 Å². The Balaban J connectivity index is 1.42. The zero-order valence-electron chi connectivity index (χ0n) is 17.3. The summed E-state index contributed by atoms with van der Waals surface area (Å²) >= 11 is 1.71. The molecule has 1 unspecified atom stereocenters. The number of fused-ring (bicyclic) bond motifs is 1. The van der Waals surface area contributed by atoms with E-state index in [0.717, 1.165) is 36.5 Å². The van der Waals surface area contributed by atoms with Gasteiger partial charge in [-0.1, -0.05) is 78.9 Å². The molecular formula is C27H25N3S. The Morgan fingerprint density at radius 3 is 2.23 bits per heavy atom. The Morgan fingerprint density at radius 2 is 1.48 bits per heavy atom. The van der Waals surface area contributed by atoms with Crippen molar-refractivity contribution in [3.8, 4) is 11.3 Å². The molecule has 0 aliphatic carbocycles. The lowest BCUT2D eigenvalue weighted by Crippen LogP contribution is -2.44. The van der Waals surface area contributed by atoms with E-state index in [4.69, 9.17) is 4.98 Å². The highest BCUT2D eigenvalue weighted by molar-refractivity contribution is 7.97. The average Bonchev–Trinajstić information content (AvgIpc) is 2.84. The summed E-state index contributed by atoms with van der Waals surface area (Å²) in [4.78, 5) is 8.78. The van der Waals surface area contributed by atoms with Gasteiger partial charge in [0.15, 0.2) is 0 Å². The van der Waals surface area contributed by atoms with Crippen LogP contribution in [0.4, 0.5) is 5.69 Å². The van der Waals surface area contributed by atoms with Gasteiger partial charge in [0.1, 0.15) is 0 Å². The molecule has 1 atom stereocenters. The van der Waals surface area contributed by atoms with Crippen LogP contribution in [0.25, 0.3) is 11.3 Å². The molecule has 1 aliphatic rings. The highest BCUT2D eigenvalue weighted by Gasteiger charge is 2.26. The summed E-state index contributed by atoms with van der Waals surface area (Å²) in [5.74, 6) is 0. The molecule has 0 amide bonds. The summed E-state index contributed by atoms with van der Waals surface area (Å²) in [6, 6.07) is 36.3. The van der Waals surface area contributed by atoms with Crippen LogP contribution in [-0.4, -0.2) is 17.6 Å². The molecular weight excluding hydrogens is 398 g/mol. The van der Waals surface area contributed by atoms with E-state index in [0.29, 0.717) is 6.04 Å². The summed E-state index contributed by atoms with van der Waals surface area (Å²) in [5.41, 5.74) is 5.92. The van der Waals surface area contributed by atoms with Gasteiger partial charge in [-0.25, -0.2) is 0 Å². The SMILES string of the molecule is c1ccc(CN2CC(NSc3ccccc3)Cc3nc(-c4ccccc4)ccc32)cc1. The van der Waals surface area contributed by atoms with Gasteiger partial charge in [0.05, 0.1) is 17.1 Å². The summed E-state index contributed by atoms with van der Waals surface area (Å²) in [6.07, 6.45) is 0.918. The number of aromatic nitrogens is 1. The topological polar surface area (TPSA) is 28.2 Å². The smallest absolute Gasteiger partial charge is 0.0706 e. The van der Waals surface area contributed by atoms with Crippen LogP contribution >= 0.6 is 11.9 Å². The number of nitrogens with one attached hydrogen (secondary N) is 1. The highest BCUT2D eigenvalue weighted by atomic mass is 32.2. The fourth-order valence-electron chi connectivity index (χ4n) is 4.04. The molecule has 31 heavy (non-hydrogen) atoms. The Labute approximate surface area is 188 Å². The fraction of sp³-hybridized carbons (Fsp3) is 0.148. The van der Waals surface area contributed by atoms with Gasteiger partial charge in [-0.3, -0.25) is 9.71 Å². The predicted octanol–water partition coefficient (Wildman–Crippen LogP) is 5.98. The maximum absolute atomic E-state index is 5.09. The number of benzene rings is 3. The van der Waals surface area contributed by atoms with E-state index in [-0.39, 0.29) is 0 Å². The third-order valence-electron chi connectivity index (χ3n) is 5.54. The normalized spacial score (nSPS) is 15.5. The maximum Gasteiger partial charge on any atom is 0.0706 e. The van der Waals surface area contributed by atoms with Gasteiger partial charge < -0.3 is 4.90 Å². The lowest BCUT2D eigenvalue weighted by Gasteiger charge is -2.36. The Hall–Kier alpha value is -3.08. The first kappa shape index (κ1) is 19.9. The van der Waals surface area contributed by atoms with Gasteiger partial charge in [0.25, 0.3) is 0 Å².